The van der Waals surface area contributed by atoms with Crippen LogP contribution in [0.1, 0.15) is 43.2 Å². The van der Waals surface area contributed by atoms with E-state index in [0.717, 1.165) is 57.3 Å². The molecule has 2 aliphatic rings. The van der Waals surface area contributed by atoms with Gasteiger partial charge in [0.2, 0.25) is 0 Å². The van der Waals surface area contributed by atoms with E-state index >= 15 is 0 Å². The lowest BCUT2D eigenvalue weighted by Gasteiger charge is -2.34. The van der Waals surface area contributed by atoms with Gasteiger partial charge in [0.15, 0.2) is 0 Å². The third-order valence-electron chi connectivity index (χ3n) is 4.59. The zero-order valence-corrected chi connectivity index (χ0v) is 11.4. The smallest absolute Gasteiger partial charge is 0.122 e. The van der Waals surface area contributed by atoms with Crippen molar-refractivity contribution in [3.8, 4) is 5.75 Å². The summed E-state index contributed by atoms with van der Waals surface area (Å²) in [5, 5.41) is 10.6. The standard InChI is InChI=1S/C16H23NO2/c17-14-4-8-16(18,9-5-14)7-3-12-1-2-15-13(11-12)6-10-19-15/h1-2,11,14,18H,3-10,17H2. The summed E-state index contributed by atoms with van der Waals surface area (Å²) in [5.74, 6) is 1.03. The number of rotatable bonds is 3. The second kappa shape index (κ2) is 5.14. The van der Waals surface area contributed by atoms with Gasteiger partial charge in [0.1, 0.15) is 5.75 Å². The lowest BCUT2D eigenvalue weighted by molar-refractivity contribution is -0.00751. The highest BCUT2D eigenvalue weighted by Crippen LogP contribution is 2.32. The van der Waals surface area contributed by atoms with E-state index in [4.69, 9.17) is 10.5 Å². The van der Waals surface area contributed by atoms with E-state index in [9.17, 15) is 5.11 Å². The van der Waals surface area contributed by atoms with Gasteiger partial charge in [-0.2, -0.15) is 0 Å². The van der Waals surface area contributed by atoms with Crippen LogP contribution < -0.4 is 10.5 Å². The number of fused-ring (bicyclic) bond motifs is 1. The summed E-state index contributed by atoms with van der Waals surface area (Å²) in [6, 6.07) is 6.72. The Bertz CT molecular complexity index is 450. The summed E-state index contributed by atoms with van der Waals surface area (Å²) < 4.78 is 5.52. The number of nitrogens with two attached hydrogens (primary N) is 1. The topological polar surface area (TPSA) is 55.5 Å². The SMILES string of the molecule is NC1CCC(O)(CCc2ccc3c(c2)CCO3)CC1. The van der Waals surface area contributed by atoms with Gasteiger partial charge in [0, 0.05) is 12.5 Å². The molecule has 1 heterocycles. The van der Waals surface area contributed by atoms with E-state index in [1.807, 2.05) is 0 Å². The van der Waals surface area contributed by atoms with Crippen LogP contribution in [0.25, 0.3) is 0 Å². The quantitative estimate of drug-likeness (QED) is 0.877. The summed E-state index contributed by atoms with van der Waals surface area (Å²) in [7, 11) is 0. The number of hydrogen-bond donors (Lipinski definition) is 2. The maximum Gasteiger partial charge on any atom is 0.122 e. The Morgan fingerprint density at radius 3 is 2.89 bits per heavy atom. The monoisotopic (exact) mass is 261 g/mol. The number of hydrogen-bond acceptors (Lipinski definition) is 3. The van der Waals surface area contributed by atoms with Crippen molar-refractivity contribution >= 4 is 0 Å². The largest absolute Gasteiger partial charge is 0.493 e. The molecule has 1 aromatic rings. The maximum atomic E-state index is 10.6. The van der Waals surface area contributed by atoms with Gasteiger partial charge >= 0.3 is 0 Å². The molecule has 1 aliphatic carbocycles. The molecule has 1 aliphatic heterocycles. The van der Waals surface area contributed by atoms with E-state index in [-0.39, 0.29) is 6.04 Å². The van der Waals surface area contributed by atoms with Crippen molar-refractivity contribution in [3.05, 3.63) is 29.3 Å². The zero-order chi connectivity index (χ0) is 13.3. The van der Waals surface area contributed by atoms with Crippen molar-refractivity contribution < 1.29 is 9.84 Å². The lowest BCUT2D eigenvalue weighted by atomic mass is 9.79. The molecule has 0 unspecified atom stereocenters. The number of benzene rings is 1. The van der Waals surface area contributed by atoms with Gasteiger partial charge in [-0.3, -0.25) is 0 Å². The summed E-state index contributed by atoms with van der Waals surface area (Å²) in [6.45, 7) is 0.806. The van der Waals surface area contributed by atoms with E-state index in [1.165, 1.54) is 11.1 Å². The van der Waals surface area contributed by atoms with Gasteiger partial charge in [0.25, 0.3) is 0 Å². The van der Waals surface area contributed by atoms with Crippen molar-refractivity contribution in [1.29, 1.82) is 0 Å². The number of aryl methyl sites for hydroxylation is 1. The zero-order valence-electron chi connectivity index (χ0n) is 11.4. The van der Waals surface area contributed by atoms with Gasteiger partial charge in [-0.1, -0.05) is 12.1 Å². The highest BCUT2D eigenvalue weighted by Gasteiger charge is 2.31. The van der Waals surface area contributed by atoms with Crippen molar-refractivity contribution in [1.82, 2.24) is 0 Å². The minimum atomic E-state index is -0.495. The molecular weight excluding hydrogens is 238 g/mol. The minimum absolute atomic E-state index is 0.289. The Labute approximate surface area is 114 Å². The predicted molar refractivity (Wildman–Crippen MR) is 75.4 cm³/mol. The van der Waals surface area contributed by atoms with Crippen LogP contribution in [0.3, 0.4) is 0 Å². The van der Waals surface area contributed by atoms with E-state index in [0.29, 0.717) is 0 Å². The fourth-order valence-corrected chi connectivity index (χ4v) is 3.20. The van der Waals surface area contributed by atoms with Crippen LogP contribution in [0.4, 0.5) is 0 Å². The Hall–Kier alpha value is -1.06. The fourth-order valence-electron chi connectivity index (χ4n) is 3.20. The Kier molecular flexibility index (Phi) is 3.50. The van der Waals surface area contributed by atoms with Crippen molar-refractivity contribution in [2.75, 3.05) is 6.61 Å². The van der Waals surface area contributed by atoms with E-state index < -0.39 is 5.60 Å². The molecule has 3 N–H and O–H groups in total. The highest BCUT2D eigenvalue weighted by molar-refractivity contribution is 5.39. The molecule has 0 spiro atoms. The summed E-state index contributed by atoms with van der Waals surface area (Å²) in [5.41, 5.74) is 8.03. The summed E-state index contributed by atoms with van der Waals surface area (Å²) in [6.07, 6.45) is 6.41. The molecule has 104 valence electrons. The Balaban J connectivity index is 1.60. The molecule has 0 bridgehead atoms. The first-order valence-electron chi connectivity index (χ1n) is 7.37. The third kappa shape index (κ3) is 2.93. The Morgan fingerprint density at radius 1 is 1.32 bits per heavy atom. The molecule has 19 heavy (non-hydrogen) atoms. The van der Waals surface area contributed by atoms with Crippen LogP contribution in [-0.4, -0.2) is 23.4 Å². The van der Waals surface area contributed by atoms with Gasteiger partial charge in [-0.25, -0.2) is 0 Å². The molecule has 3 heteroatoms. The van der Waals surface area contributed by atoms with E-state index in [1.54, 1.807) is 0 Å². The highest BCUT2D eigenvalue weighted by atomic mass is 16.5. The molecule has 0 amide bonds. The first-order valence-corrected chi connectivity index (χ1v) is 7.37. The first kappa shape index (κ1) is 12.9. The molecule has 0 aromatic heterocycles. The molecule has 3 rings (SSSR count). The average Bonchev–Trinajstić information content (AvgIpc) is 2.88. The van der Waals surface area contributed by atoms with Crippen LogP contribution >= 0.6 is 0 Å². The first-order chi connectivity index (χ1) is 9.15. The number of aliphatic hydroxyl groups is 1. The van der Waals surface area contributed by atoms with Crippen molar-refractivity contribution in [3.63, 3.8) is 0 Å². The number of ether oxygens (including phenoxy) is 1. The molecule has 0 atom stereocenters. The predicted octanol–water partition coefficient (Wildman–Crippen LogP) is 2.19. The second-order valence-electron chi connectivity index (χ2n) is 6.10. The van der Waals surface area contributed by atoms with Gasteiger partial charge in [-0.15, -0.1) is 0 Å². The minimum Gasteiger partial charge on any atom is -0.493 e. The normalized spacial score (nSPS) is 29.9. The van der Waals surface area contributed by atoms with Crippen LogP contribution in [-0.2, 0) is 12.8 Å². The maximum absolute atomic E-state index is 10.6. The van der Waals surface area contributed by atoms with Gasteiger partial charge in [0.05, 0.1) is 12.2 Å². The van der Waals surface area contributed by atoms with Crippen molar-refractivity contribution in [2.45, 2.75) is 56.6 Å². The average molecular weight is 261 g/mol. The molecule has 0 radical (unpaired) electrons. The van der Waals surface area contributed by atoms with Crippen LogP contribution in [0.5, 0.6) is 5.75 Å². The van der Waals surface area contributed by atoms with Crippen LogP contribution in [0.2, 0.25) is 0 Å². The summed E-state index contributed by atoms with van der Waals surface area (Å²) >= 11 is 0. The molecule has 3 nitrogen and oxygen atoms in total. The van der Waals surface area contributed by atoms with Crippen LogP contribution in [0, 0.1) is 0 Å². The van der Waals surface area contributed by atoms with Crippen LogP contribution in [0.15, 0.2) is 18.2 Å². The van der Waals surface area contributed by atoms with Gasteiger partial charge in [-0.05, 0) is 55.7 Å². The molecule has 1 saturated carbocycles. The third-order valence-corrected chi connectivity index (χ3v) is 4.59. The molecular formula is C16H23NO2. The molecule has 1 fully saturated rings. The van der Waals surface area contributed by atoms with Gasteiger partial charge < -0.3 is 15.6 Å². The fraction of sp³-hybridized carbons (Fsp3) is 0.625. The summed E-state index contributed by atoms with van der Waals surface area (Å²) in [4.78, 5) is 0. The lowest BCUT2D eigenvalue weighted by Crippen LogP contribution is -2.39. The molecule has 1 aromatic carbocycles. The molecule has 0 saturated heterocycles. The second-order valence-corrected chi connectivity index (χ2v) is 6.10. The Morgan fingerprint density at radius 2 is 2.11 bits per heavy atom. The van der Waals surface area contributed by atoms with Crippen molar-refractivity contribution in [2.24, 2.45) is 5.73 Å². The van der Waals surface area contributed by atoms with E-state index in [2.05, 4.69) is 18.2 Å².